The SMILES string of the molecule is CC(=O)c1cccc(F)c1N(C)CCCN(C)C. The van der Waals surface area contributed by atoms with E-state index in [0.29, 0.717) is 11.3 Å². The highest BCUT2D eigenvalue weighted by molar-refractivity contribution is 5.99. The summed E-state index contributed by atoms with van der Waals surface area (Å²) >= 11 is 0. The maximum atomic E-state index is 13.8. The lowest BCUT2D eigenvalue weighted by molar-refractivity contribution is 0.101. The molecule has 0 aliphatic rings. The van der Waals surface area contributed by atoms with Gasteiger partial charge in [-0.05, 0) is 46.1 Å². The fourth-order valence-corrected chi connectivity index (χ4v) is 1.92. The molecule has 0 atom stereocenters. The van der Waals surface area contributed by atoms with Gasteiger partial charge in [-0.25, -0.2) is 4.39 Å². The molecule has 0 aliphatic carbocycles. The molecule has 1 rings (SSSR count). The highest BCUT2D eigenvalue weighted by Crippen LogP contribution is 2.24. The van der Waals surface area contributed by atoms with E-state index in [2.05, 4.69) is 4.90 Å². The molecule has 0 unspecified atom stereocenters. The lowest BCUT2D eigenvalue weighted by Gasteiger charge is -2.23. The minimum Gasteiger partial charge on any atom is -0.372 e. The molecule has 0 radical (unpaired) electrons. The standard InChI is InChI=1S/C14H21FN2O/c1-11(18)12-7-5-8-13(15)14(12)17(4)10-6-9-16(2)3/h5,7-8H,6,9-10H2,1-4H3. The second-order valence-corrected chi connectivity index (χ2v) is 4.77. The molecular formula is C14H21FN2O. The number of hydrogen-bond donors (Lipinski definition) is 0. The van der Waals surface area contributed by atoms with Crippen LogP contribution < -0.4 is 4.90 Å². The largest absolute Gasteiger partial charge is 0.372 e. The zero-order valence-electron chi connectivity index (χ0n) is 11.5. The van der Waals surface area contributed by atoms with E-state index in [-0.39, 0.29) is 11.6 Å². The van der Waals surface area contributed by atoms with Gasteiger partial charge < -0.3 is 9.80 Å². The first-order valence-electron chi connectivity index (χ1n) is 6.08. The second-order valence-electron chi connectivity index (χ2n) is 4.77. The van der Waals surface area contributed by atoms with Gasteiger partial charge >= 0.3 is 0 Å². The molecule has 18 heavy (non-hydrogen) atoms. The van der Waals surface area contributed by atoms with E-state index in [0.717, 1.165) is 19.5 Å². The fourth-order valence-electron chi connectivity index (χ4n) is 1.92. The van der Waals surface area contributed by atoms with Crippen LogP contribution in [-0.4, -0.2) is 44.9 Å². The Bertz CT molecular complexity index is 418. The highest BCUT2D eigenvalue weighted by atomic mass is 19.1. The Morgan fingerprint density at radius 1 is 1.22 bits per heavy atom. The number of ketones is 1. The summed E-state index contributed by atoms with van der Waals surface area (Å²) in [4.78, 5) is 15.4. The third-order valence-electron chi connectivity index (χ3n) is 2.85. The number of hydrogen-bond acceptors (Lipinski definition) is 3. The third-order valence-corrected chi connectivity index (χ3v) is 2.85. The molecule has 1 aromatic rings. The number of nitrogens with zero attached hydrogens (tertiary/aromatic N) is 2. The molecule has 0 N–H and O–H groups in total. The maximum absolute atomic E-state index is 13.8. The zero-order chi connectivity index (χ0) is 13.7. The zero-order valence-corrected chi connectivity index (χ0v) is 11.5. The van der Waals surface area contributed by atoms with Crippen molar-refractivity contribution in [3.05, 3.63) is 29.6 Å². The Kier molecular flexibility index (Phi) is 5.28. The van der Waals surface area contributed by atoms with Gasteiger partial charge in [-0.15, -0.1) is 0 Å². The van der Waals surface area contributed by atoms with Crippen molar-refractivity contribution in [2.24, 2.45) is 0 Å². The van der Waals surface area contributed by atoms with Crippen LogP contribution >= 0.6 is 0 Å². The molecule has 0 saturated heterocycles. The van der Waals surface area contributed by atoms with Crippen LogP contribution in [-0.2, 0) is 0 Å². The minimum absolute atomic E-state index is 0.107. The molecule has 0 spiro atoms. The predicted octanol–water partition coefficient (Wildman–Crippen LogP) is 2.42. The molecule has 0 heterocycles. The summed E-state index contributed by atoms with van der Waals surface area (Å²) in [6.07, 6.45) is 0.926. The maximum Gasteiger partial charge on any atom is 0.161 e. The van der Waals surface area contributed by atoms with Crippen LogP contribution in [0.3, 0.4) is 0 Å². The Morgan fingerprint density at radius 2 is 1.89 bits per heavy atom. The van der Waals surface area contributed by atoms with Gasteiger partial charge in [-0.1, -0.05) is 6.07 Å². The first-order valence-corrected chi connectivity index (χ1v) is 6.08. The van der Waals surface area contributed by atoms with E-state index in [1.165, 1.54) is 13.0 Å². The topological polar surface area (TPSA) is 23.6 Å². The Labute approximate surface area is 108 Å². The summed E-state index contributed by atoms with van der Waals surface area (Å²) < 4.78 is 13.8. The lowest BCUT2D eigenvalue weighted by Crippen LogP contribution is -2.25. The number of carbonyl (C=O) groups is 1. The van der Waals surface area contributed by atoms with Gasteiger partial charge in [0.2, 0.25) is 0 Å². The van der Waals surface area contributed by atoms with Crippen LogP contribution in [0.15, 0.2) is 18.2 Å². The summed E-state index contributed by atoms with van der Waals surface area (Å²) in [6, 6.07) is 4.64. The average Bonchev–Trinajstić information content (AvgIpc) is 2.27. The van der Waals surface area contributed by atoms with Crippen LogP contribution in [0.1, 0.15) is 23.7 Å². The van der Waals surface area contributed by atoms with E-state index >= 15 is 0 Å². The van der Waals surface area contributed by atoms with Crippen LogP contribution in [0.4, 0.5) is 10.1 Å². The molecule has 0 aliphatic heterocycles. The summed E-state index contributed by atoms with van der Waals surface area (Å²) in [5, 5.41) is 0. The van der Waals surface area contributed by atoms with E-state index in [4.69, 9.17) is 0 Å². The lowest BCUT2D eigenvalue weighted by atomic mass is 10.1. The van der Waals surface area contributed by atoms with Gasteiger partial charge in [-0.2, -0.15) is 0 Å². The predicted molar refractivity (Wildman–Crippen MR) is 72.8 cm³/mol. The fraction of sp³-hybridized carbons (Fsp3) is 0.500. The van der Waals surface area contributed by atoms with E-state index < -0.39 is 0 Å². The molecule has 4 heteroatoms. The van der Waals surface area contributed by atoms with E-state index in [9.17, 15) is 9.18 Å². The Hall–Kier alpha value is -1.42. The van der Waals surface area contributed by atoms with Gasteiger partial charge in [0.15, 0.2) is 5.78 Å². The average molecular weight is 252 g/mol. The number of benzene rings is 1. The first-order chi connectivity index (χ1) is 8.43. The molecule has 1 aromatic carbocycles. The Balaban J connectivity index is 2.84. The molecule has 0 saturated carbocycles. The molecule has 0 aromatic heterocycles. The number of Topliss-reactive ketones (excluding diaryl/α,β-unsaturated/α-hetero) is 1. The van der Waals surface area contributed by atoms with Crippen molar-refractivity contribution in [2.75, 3.05) is 39.1 Å². The highest BCUT2D eigenvalue weighted by Gasteiger charge is 2.15. The van der Waals surface area contributed by atoms with Gasteiger partial charge in [0, 0.05) is 19.2 Å². The summed E-state index contributed by atoms with van der Waals surface area (Å²) in [7, 11) is 5.83. The van der Waals surface area contributed by atoms with Crippen LogP contribution in [0.25, 0.3) is 0 Å². The summed E-state index contributed by atoms with van der Waals surface area (Å²) in [5.41, 5.74) is 0.853. The molecule has 0 bridgehead atoms. The van der Waals surface area contributed by atoms with Gasteiger partial charge in [0.25, 0.3) is 0 Å². The van der Waals surface area contributed by atoms with Crippen molar-refractivity contribution in [1.82, 2.24) is 4.90 Å². The van der Waals surface area contributed by atoms with Crippen molar-refractivity contribution in [1.29, 1.82) is 0 Å². The molecule has 0 amide bonds. The Morgan fingerprint density at radius 3 is 2.44 bits per heavy atom. The third kappa shape index (κ3) is 3.81. The van der Waals surface area contributed by atoms with Crippen molar-refractivity contribution in [3.63, 3.8) is 0 Å². The minimum atomic E-state index is -0.338. The number of anilines is 1. The van der Waals surface area contributed by atoms with Crippen molar-refractivity contribution < 1.29 is 9.18 Å². The van der Waals surface area contributed by atoms with E-state index in [1.807, 2.05) is 26.0 Å². The normalized spacial score (nSPS) is 10.8. The van der Waals surface area contributed by atoms with Crippen molar-refractivity contribution in [3.8, 4) is 0 Å². The van der Waals surface area contributed by atoms with Gasteiger partial charge in [0.1, 0.15) is 5.82 Å². The monoisotopic (exact) mass is 252 g/mol. The summed E-state index contributed by atoms with van der Waals surface area (Å²) in [6.45, 7) is 3.12. The van der Waals surface area contributed by atoms with Crippen molar-refractivity contribution >= 4 is 11.5 Å². The van der Waals surface area contributed by atoms with Crippen LogP contribution in [0, 0.1) is 5.82 Å². The smallest absolute Gasteiger partial charge is 0.161 e. The second kappa shape index (κ2) is 6.50. The first kappa shape index (κ1) is 14.6. The number of carbonyl (C=O) groups excluding carboxylic acids is 1. The quantitative estimate of drug-likeness (QED) is 0.726. The summed E-state index contributed by atoms with van der Waals surface area (Å²) in [5.74, 6) is -0.445. The van der Waals surface area contributed by atoms with Gasteiger partial charge in [0.05, 0.1) is 5.69 Å². The number of halogens is 1. The molecule has 3 nitrogen and oxygen atoms in total. The van der Waals surface area contributed by atoms with Crippen molar-refractivity contribution in [2.45, 2.75) is 13.3 Å². The number of rotatable bonds is 6. The van der Waals surface area contributed by atoms with Gasteiger partial charge in [-0.3, -0.25) is 4.79 Å². The number of para-hydroxylation sites is 1. The molecule has 100 valence electrons. The van der Waals surface area contributed by atoms with E-state index in [1.54, 1.807) is 12.1 Å². The van der Waals surface area contributed by atoms with Crippen LogP contribution in [0.2, 0.25) is 0 Å². The van der Waals surface area contributed by atoms with Crippen LogP contribution in [0.5, 0.6) is 0 Å². The molecular weight excluding hydrogens is 231 g/mol. The molecule has 0 fully saturated rings.